The fourth-order valence-corrected chi connectivity index (χ4v) is 3.62. The Morgan fingerprint density at radius 1 is 1.03 bits per heavy atom. The highest BCUT2D eigenvalue weighted by molar-refractivity contribution is 7.93. The molecule has 0 saturated heterocycles. The van der Waals surface area contributed by atoms with Crippen LogP contribution in [0.4, 0.5) is 26.1 Å². The van der Waals surface area contributed by atoms with Gasteiger partial charge in [0.05, 0.1) is 11.4 Å². The normalized spacial score (nSPS) is 11.4. The Hall–Kier alpha value is -3.70. The fourth-order valence-electron chi connectivity index (χ4n) is 2.93. The first kappa shape index (κ1) is 23.5. The lowest BCUT2D eigenvalue weighted by Gasteiger charge is -2.15. The molecule has 2 aromatic heterocycles. The van der Waals surface area contributed by atoms with Gasteiger partial charge in [-0.3, -0.25) is 9.82 Å². The van der Waals surface area contributed by atoms with E-state index in [9.17, 15) is 17.2 Å². The van der Waals surface area contributed by atoms with Crippen LogP contribution < -0.4 is 14.8 Å². The van der Waals surface area contributed by atoms with Crippen LogP contribution in [-0.4, -0.2) is 29.4 Å². The largest absolute Gasteiger partial charge is 0.487 e. The molecule has 0 aliphatic rings. The van der Waals surface area contributed by atoms with E-state index < -0.39 is 15.8 Å². The molecule has 0 bridgehead atoms. The molecule has 2 heterocycles. The summed E-state index contributed by atoms with van der Waals surface area (Å²) < 4.78 is 57.0. The number of hydrogen-bond acceptors (Lipinski definition) is 6. The molecular formula is C22H18ClF2N5O3S. The van der Waals surface area contributed by atoms with Crippen LogP contribution in [0.1, 0.15) is 5.56 Å². The van der Waals surface area contributed by atoms with Crippen LogP contribution in [0.3, 0.4) is 0 Å². The van der Waals surface area contributed by atoms with Crippen LogP contribution in [-0.2, 0) is 16.6 Å². The van der Waals surface area contributed by atoms with E-state index >= 15 is 0 Å². The van der Waals surface area contributed by atoms with E-state index in [4.69, 9.17) is 16.3 Å². The standard InChI is InChI=1S/C22H18ClF2N5O3S/c23-16-7-4-14(5-8-16)13-33-19-11-15(6-9-17(19)30-34(31,32)22(24)25)18-12-21(29-28-18)27-20-3-1-2-10-26-20/h1-12,22,30H,13H2,(H2,26,27,28,29). The zero-order valence-electron chi connectivity index (χ0n) is 17.4. The summed E-state index contributed by atoms with van der Waals surface area (Å²) in [5.74, 6) is -2.43. The number of benzene rings is 2. The van der Waals surface area contributed by atoms with E-state index in [1.54, 1.807) is 54.7 Å². The monoisotopic (exact) mass is 505 g/mol. The van der Waals surface area contributed by atoms with Crippen molar-refractivity contribution in [2.24, 2.45) is 0 Å². The Morgan fingerprint density at radius 3 is 2.53 bits per heavy atom. The van der Waals surface area contributed by atoms with Crippen molar-refractivity contribution in [3.63, 3.8) is 0 Å². The molecule has 8 nitrogen and oxygen atoms in total. The van der Waals surface area contributed by atoms with Crippen molar-refractivity contribution < 1.29 is 21.9 Å². The Kier molecular flexibility index (Phi) is 6.94. The molecule has 0 radical (unpaired) electrons. The van der Waals surface area contributed by atoms with Crippen molar-refractivity contribution in [3.05, 3.63) is 83.5 Å². The van der Waals surface area contributed by atoms with Crippen molar-refractivity contribution in [1.82, 2.24) is 15.2 Å². The number of sulfonamides is 1. The zero-order valence-corrected chi connectivity index (χ0v) is 18.9. The molecule has 0 atom stereocenters. The van der Waals surface area contributed by atoms with Crippen LogP contribution in [0.25, 0.3) is 11.3 Å². The van der Waals surface area contributed by atoms with E-state index in [2.05, 4.69) is 20.5 Å². The molecular weight excluding hydrogens is 488 g/mol. The Bertz CT molecular complexity index is 1370. The molecule has 0 aliphatic carbocycles. The van der Waals surface area contributed by atoms with Crippen LogP contribution >= 0.6 is 11.6 Å². The minimum atomic E-state index is -4.89. The van der Waals surface area contributed by atoms with E-state index in [0.717, 1.165) is 5.56 Å². The van der Waals surface area contributed by atoms with E-state index in [-0.39, 0.29) is 18.0 Å². The molecule has 0 spiro atoms. The maximum absolute atomic E-state index is 12.9. The van der Waals surface area contributed by atoms with Gasteiger partial charge in [-0.2, -0.15) is 13.9 Å². The molecule has 4 aromatic rings. The second-order valence-corrected chi connectivity index (χ2v) is 9.13. The number of nitrogens with zero attached hydrogens (tertiary/aromatic N) is 2. The number of rotatable bonds is 9. The molecule has 4 rings (SSSR count). The van der Waals surface area contributed by atoms with Crippen LogP contribution in [0.5, 0.6) is 5.75 Å². The van der Waals surface area contributed by atoms with Crippen LogP contribution in [0, 0.1) is 0 Å². The summed E-state index contributed by atoms with van der Waals surface area (Å²) in [6.45, 7) is 0.0550. The van der Waals surface area contributed by atoms with Gasteiger partial charge in [-0.1, -0.05) is 35.9 Å². The van der Waals surface area contributed by atoms with Gasteiger partial charge in [-0.25, -0.2) is 13.4 Å². The van der Waals surface area contributed by atoms with Crippen molar-refractivity contribution in [2.75, 3.05) is 10.0 Å². The van der Waals surface area contributed by atoms with Gasteiger partial charge in [-0.15, -0.1) is 0 Å². The van der Waals surface area contributed by atoms with Crippen molar-refractivity contribution >= 4 is 38.9 Å². The lowest BCUT2D eigenvalue weighted by atomic mass is 10.1. The second-order valence-electron chi connectivity index (χ2n) is 7.04. The number of alkyl halides is 2. The summed E-state index contributed by atoms with van der Waals surface area (Å²) in [4.78, 5) is 4.17. The van der Waals surface area contributed by atoms with Crippen molar-refractivity contribution in [3.8, 4) is 17.0 Å². The number of aromatic nitrogens is 3. The minimum Gasteiger partial charge on any atom is -0.487 e. The number of pyridine rings is 1. The molecule has 0 saturated carbocycles. The van der Waals surface area contributed by atoms with Crippen LogP contribution in [0.2, 0.25) is 5.02 Å². The number of hydrogen-bond donors (Lipinski definition) is 3. The highest BCUT2D eigenvalue weighted by atomic mass is 35.5. The molecule has 2 aromatic carbocycles. The molecule has 0 amide bonds. The molecule has 0 fully saturated rings. The summed E-state index contributed by atoms with van der Waals surface area (Å²) >= 11 is 5.89. The van der Waals surface area contributed by atoms with Gasteiger partial charge in [0.1, 0.15) is 18.2 Å². The Balaban J connectivity index is 1.61. The first-order chi connectivity index (χ1) is 16.3. The number of nitrogens with one attached hydrogen (secondary N) is 3. The Labute approximate surface area is 199 Å². The van der Waals surface area contributed by atoms with Crippen molar-refractivity contribution in [2.45, 2.75) is 12.4 Å². The fraction of sp³-hybridized carbons (Fsp3) is 0.0909. The summed E-state index contributed by atoms with van der Waals surface area (Å²) in [5, 5.41) is 10.6. The number of aromatic amines is 1. The number of halogens is 3. The number of anilines is 3. The van der Waals surface area contributed by atoms with Gasteiger partial charge in [0, 0.05) is 22.8 Å². The summed E-state index contributed by atoms with van der Waals surface area (Å²) in [7, 11) is -4.89. The number of H-pyrrole nitrogens is 1. The molecule has 12 heteroatoms. The summed E-state index contributed by atoms with van der Waals surface area (Å²) in [5.41, 5.74) is 1.80. The molecule has 3 N–H and O–H groups in total. The third-order valence-electron chi connectivity index (χ3n) is 4.59. The maximum Gasteiger partial charge on any atom is 0.355 e. The minimum absolute atomic E-state index is 0.0550. The first-order valence-corrected chi connectivity index (χ1v) is 11.8. The van der Waals surface area contributed by atoms with Gasteiger partial charge in [-0.05, 0) is 42.0 Å². The number of ether oxygens (including phenoxy) is 1. The topological polar surface area (TPSA) is 109 Å². The Morgan fingerprint density at radius 2 is 1.82 bits per heavy atom. The first-order valence-electron chi connectivity index (χ1n) is 9.85. The molecule has 0 unspecified atom stereocenters. The second kappa shape index (κ2) is 10.1. The smallest absolute Gasteiger partial charge is 0.355 e. The third-order valence-corrected chi connectivity index (χ3v) is 5.81. The quantitative estimate of drug-likeness (QED) is 0.280. The highest BCUT2D eigenvalue weighted by Gasteiger charge is 2.25. The molecule has 176 valence electrons. The SMILES string of the molecule is O=S(=O)(Nc1ccc(-c2cc(Nc3ccccn3)n[nH]2)cc1OCc1ccc(Cl)cc1)C(F)F. The summed E-state index contributed by atoms with van der Waals surface area (Å²) in [6, 6.07) is 18.4. The third kappa shape index (κ3) is 5.80. The predicted molar refractivity (Wildman–Crippen MR) is 126 cm³/mol. The lowest BCUT2D eigenvalue weighted by molar-refractivity contribution is 0.236. The van der Waals surface area contributed by atoms with E-state index in [1.807, 2.05) is 10.8 Å². The predicted octanol–water partition coefficient (Wildman–Crippen LogP) is 5.41. The lowest BCUT2D eigenvalue weighted by Crippen LogP contribution is -2.21. The van der Waals surface area contributed by atoms with Crippen LogP contribution in [0.15, 0.2) is 72.9 Å². The van der Waals surface area contributed by atoms with Gasteiger partial charge in [0.15, 0.2) is 5.82 Å². The molecule has 0 aliphatic heterocycles. The van der Waals surface area contributed by atoms with Crippen molar-refractivity contribution in [1.29, 1.82) is 0 Å². The van der Waals surface area contributed by atoms with Gasteiger partial charge >= 0.3 is 5.76 Å². The maximum atomic E-state index is 12.9. The average molecular weight is 506 g/mol. The summed E-state index contributed by atoms with van der Waals surface area (Å²) in [6.07, 6.45) is 1.64. The zero-order chi connectivity index (χ0) is 24.1. The highest BCUT2D eigenvalue weighted by Crippen LogP contribution is 2.33. The molecule has 34 heavy (non-hydrogen) atoms. The average Bonchev–Trinajstić information content (AvgIpc) is 3.28. The van der Waals surface area contributed by atoms with E-state index in [1.165, 1.54) is 12.1 Å². The van der Waals surface area contributed by atoms with E-state index in [0.29, 0.717) is 27.9 Å². The van der Waals surface area contributed by atoms with Gasteiger partial charge in [0.2, 0.25) is 0 Å². The van der Waals surface area contributed by atoms with Gasteiger partial charge < -0.3 is 10.1 Å². The van der Waals surface area contributed by atoms with Gasteiger partial charge in [0.25, 0.3) is 10.0 Å².